The first-order chi connectivity index (χ1) is 13.6. The van der Waals surface area contributed by atoms with Crippen molar-refractivity contribution in [1.29, 1.82) is 0 Å². The first-order valence-corrected chi connectivity index (χ1v) is 10.4. The minimum atomic E-state index is -3.92. The van der Waals surface area contributed by atoms with Crippen molar-refractivity contribution in [3.63, 3.8) is 0 Å². The summed E-state index contributed by atoms with van der Waals surface area (Å²) in [5, 5.41) is 11.1. The van der Waals surface area contributed by atoms with Gasteiger partial charge in [-0.15, -0.1) is 0 Å². The number of rotatable bonds is 5. The number of hydrogen-bond acceptors (Lipinski definition) is 6. The topological polar surface area (TPSA) is 101 Å². The lowest BCUT2D eigenvalue weighted by Crippen LogP contribution is -2.49. The van der Waals surface area contributed by atoms with E-state index in [0.29, 0.717) is 5.69 Å². The van der Waals surface area contributed by atoms with Crippen molar-refractivity contribution in [2.24, 2.45) is 0 Å². The fourth-order valence-corrected chi connectivity index (χ4v) is 5.04. The second-order valence-electron chi connectivity index (χ2n) is 6.77. The summed E-state index contributed by atoms with van der Waals surface area (Å²) in [6, 6.07) is 8.19. The Morgan fingerprint density at radius 2 is 1.79 bits per heavy atom. The number of nitro benzene ring substituents is 1. The molecule has 1 heterocycles. The molecular formula is C19H20FN3O5S. The normalized spacial score (nSPS) is 15.3. The third-order valence-electron chi connectivity index (χ3n) is 5.00. The largest absolute Gasteiger partial charge is 0.367 e. The molecule has 154 valence electrons. The average Bonchev–Trinajstić information content (AvgIpc) is 2.67. The van der Waals surface area contributed by atoms with E-state index in [9.17, 15) is 27.7 Å². The number of halogens is 1. The molecule has 0 spiro atoms. The number of Topliss-reactive ketones (excluding diaryl/α,β-unsaturated/α-hetero) is 1. The van der Waals surface area contributed by atoms with Crippen LogP contribution in [0.5, 0.6) is 0 Å². The molecule has 0 bridgehead atoms. The van der Waals surface area contributed by atoms with E-state index < -0.39 is 20.8 Å². The zero-order valence-corrected chi connectivity index (χ0v) is 16.8. The molecule has 10 heteroatoms. The van der Waals surface area contributed by atoms with Crippen molar-refractivity contribution in [3.8, 4) is 0 Å². The molecule has 0 aromatic heterocycles. The molecule has 29 heavy (non-hydrogen) atoms. The zero-order valence-electron chi connectivity index (χ0n) is 16.0. The van der Waals surface area contributed by atoms with Crippen molar-refractivity contribution in [2.75, 3.05) is 31.1 Å². The lowest BCUT2D eigenvalue weighted by atomic mass is 10.1. The molecule has 8 nitrogen and oxygen atoms in total. The standard InChI is InChI=1S/C19H20FN3O5S/c1-13-17(23(25)26)4-3-5-19(13)29(27,28)22-10-8-21(9-11-22)18-7-6-15(14(2)24)12-16(18)20/h3-7,12H,8-11H2,1-2H3. The van der Waals surface area contributed by atoms with Crippen LogP contribution in [0.4, 0.5) is 15.8 Å². The van der Waals surface area contributed by atoms with Gasteiger partial charge in [0, 0.05) is 43.4 Å². The Balaban J connectivity index is 1.80. The number of nitro groups is 1. The molecular weight excluding hydrogens is 401 g/mol. The highest BCUT2D eigenvalue weighted by Gasteiger charge is 2.32. The summed E-state index contributed by atoms with van der Waals surface area (Å²) in [6.07, 6.45) is 0. The second kappa shape index (κ2) is 7.88. The van der Waals surface area contributed by atoms with E-state index in [1.807, 2.05) is 0 Å². The van der Waals surface area contributed by atoms with Gasteiger partial charge in [0.2, 0.25) is 10.0 Å². The zero-order chi connectivity index (χ0) is 21.3. The van der Waals surface area contributed by atoms with Gasteiger partial charge in [-0.2, -0.15) is 4.31 Å². The summed E-state index contributed by atoms with van der Waals surface area (Å²) in [5.74, 6) is -0.776. The Morgan fingerprint density at radius 3 is 2.34 bits per heavy atom. The first kappa shape index (κ1) is 20.9. The van der Waals surface area contributed by atoms with Crippen LogP contribution < -0.4 is 4.90 Å². The van der Waals surface area contributed by atoms with Crippen LogP contribution in [-0.2, 0) is 10.0 Å². The summed E-state index contributed by atoms with van der Waals surface area (Å²) in [4.78, 5) is 23.5. The van der Waals surface area contributed by atoms with E-state index in [1.54, 1.807) is 4.90 Å². The van der Waals surface area contributed by atoms with E-state index in [1.165, 1.54) is 54.6 Å². The van der Waals surface area contributed by atoms with Gasteiger partial charge in [-0.3, -0.25) is 14.9 Å². The van der Waals surface area contributed by atoms with Crippen LogP contribution in [0.2, 0.25) is 0 Å². The van der Waals surface area contributed by atoms with Gasteiger partial charge < -0.3 is 4.90 Å². The number of hydrogen-bond donors (Lipinski definition) is 0. The van der Waals surface area contributed by atoms with Gasteiger partial charge in [0.25, 0.3) is 5.69 Å². The quantitative estimate of drug-likeness (QED) is 0.418. The number of carbonyl (C=O) groups excluding carboxylic acids is 1. The van der Waals surface area contributed by atoms with Crippen LogP contribution in [0.15, 0.2) is 41.3 Å². The second-order valence-corrected chi connectivity index (χ2v) is 8.68. The molecule has 0 saturated carbocycles. The minimum absolute atomic E-state index is 0.0887. The highest BCUT2D eigenvalue weighted by molar-refractivity contribution is 7.89. The van der Waals surface area contributed by atoms with E-state index in [2.05, 4.69) is 0 Å². The van der Waals surface area contributed by atoms with Gasteiger partial charge in [0.15, 0.2) is 5.78 Å². The van der Waals surface area contributed by atoms with Crippen LogP contribution in [0, 0.1) is 22.9 Å². The number of sulfonamides is 1. The Kier molecular flexibility index (Phi) is 5.67. The van der Waals surface area contributed by atoms with Crippen LogP contribution in [-0.4, -0.2) is 49.6 Å². The maximum absolute atomic E-state index is 14.4. The van der Waals surface area contributed by atoms with Crippen LogP contribution in [0.1, 0.15) is 22.8 Å². The molecule has 1 fully saturated rings. The molecule has 0 N–H and O–H groups in total. The van der Waals surface area contributed by atoms with Gasteiger partial charge >= 0.3 is 0 Å². The average molecular weight is 421 g/mol. The summed E-state index contributed by atoms with van der Waals surface area (Å²) in [5.41, 5.74) is 0.412. The van der Waals surface area contributed by atoms with E-state index in [-0.39, 0.29) is 53.7 Å². The van der Waals surface area contributed by atoms with Crippen LogP contribution in [0.3, 0.4) is 0 Å². The molecule has 1 aliphatic rings. The fraction of sp³-hybridized carbons (Fsp3) is 0.316. The lowest BCUT2D eigenvalue weighted by molar-refractivity contribution is -0.385. The van der Waals surface area contributed by atoms with Crippen molar-refractivity contribution >= 4 is 27.2 Å². The van der Waals surface area contributed by atoms with E-state index in [4.69, 9.17) is 0 Å². The Labute approximate surface area is 167 Å². The maximum Gasteiger partial charge on any atom is 0.273 e. The fourth-order valence-electron chi connectivity index (χ4n) is 3.37. The molecule has 1 aliphatic heterocycles. The van der Waals surface area contributed by atoms with Gasteiger partial charge in [-0.05, 0) is 38.1 Å². The third-order valence-corrected chi connectivity index (χ3v) is 7.05. The molecule has 0 unspecified atom stereocenters. The van der Waals surface area contributed by atoms with Gasteiger partial charge in [0.05, 0.1) is 15.5 Å². The van der Waals surface area contributed by atoms with Crippen molar-refractivity contribution in [1.82, 2.24) is 4.31 Å². The summed E-state index contributed by atoms with van der Waals surface area (Å²) in [7, 11) is -3.92. The number of benzene rings is 2. The van der Waals surface area contributed by atoms with E-state index in [0.717, 1.165) is 0 Å². The van der Waals surface area contributed by atoms with Crippen molar-refractivity contribution in [3.05, 3.63) is 63.5 Å². The minimum Gasteiger partial charge on any atom is -0.367 e. The third kappa shape index (κ3) is 3.99. The predicted molar refractivity (Wildman–Crippen MR) is 105 cm³/mol. The summed E-state index contributed by atoms with van der Waals surface area (Å²) >= 11 is 0. The molecule has 1 saturated heterocycles. The molecule has 0 atom stereocenters. The van der Waals surface area contributed by atoms with Gasteiger partial charge in [0.1, 0.15) is 5.82 Å². The van der Waals surface area contributed by atoms with E-state index >= 15 is 0 Å². The highest BCUT2D eigenvalue weighted by atomic mass is 32.2. The van der Waals surface area contributed by atoms with Crippen LogP contribution in [0.25, 0.3) is 0 Å². The SMILES string of the molecule is CC(=O)c1ccc(N2CCN(S(=O)(=O)c3cccc([N+](=O)[O-])c3C)CC2)c(F)c1. The van der Waals surface area contributed by atoms with Gasteiger partial charge in [-0.25, -0.2) is 12.8 Å². The first-order valence-electron chi connectivity index (χ1n) is 8.92. The monoisotopic (exact) mass is 421 g/mol. The van der Waals surface area contributed by atoms with Gasteiger partial charge in [-0.1, -0.05) is 6.07 Å². The maximum atomic E-state index is 14.4. The molecule has 0 radical (unpaired) electrons. The summed E-state index contributed by atoms with van der Waals surface area (Å²) < 4.78 is 41.6. The Bertz CT molecular complexity index is 1080. The molecule has 0 amide bonds. The predicted octanol–water partition coefficient (Wildman–Crippen LogP) is 2.76. The number of carbonyl (C=O) groups is 1. The molecule has 2 aromatic carbocycles. The van der Waals surface area contributed by atoms with Crippen molar-refractivity contribution < 1.29 is 22.5 Å². The smallest absolute Gasteiger partial charge is 0.273 e. The highest BCUT2D eigenvalue weighted by Crippen LogP contribution is 2.29. The number of ketones is 1. The summed E-state index contributed by atoms with van der Waals surface area (Å²) in [6.45, 7) is 3.49. The number of nitrogens with zero attached hydrogens (tertiary/aromatic N) is 3. The molecule has 0 aliphatic carbocycles. The number of anilines is 1. The van der Waals surface area contributed by atoms with Crippen molar-refractivity contribution in [2.45, 2.75) is 18.7 Å². The number of piperazine rings is 1. The van der Waals surface area contributed by atoms with Crippen LogP contribution >= 0.6 is 0 Å². The Hall–Kier alpha value is -2.85. The Morgan fingerprint density at radius 1 is 1.14 bits per heavy atom. The lowest BCUT2D eigenvalue weighted by Gasteiger charge is -2.35. The molecule has 2 aromatic rings. The molecule has 3 rings (SSSR count).